The van der Waals surface area contributed by atoms with Crippen LogP contribution in [0.1, 0.15) is 10.6 Å². The summed E-state index contributed by atoms with van der Waals surface area (Å²) in [6.07, 6.45) is -4.78. The van der Waals surface area contributed by atoms with Gasteiger partial charge in [0, 0.05) is 5.56 Å². The van der Waals surface area contributed by atoms with Crippen molar-refractivity contribution >= 4 is 17.3 Å². The SMILES string of the molecule is Cc1cc(OCc2nc(-c3ccc4c(c3)OCO4)c(-c3ccc(OC(F)(F)F)cc3)s2)ccc1OCC(=O)O. The number of carboxylic acids is 1. The Morgan fingerprint density at radius 3 is 2.41 bits per heavy atom. The van der Waals surface area contributed by atoms with E-state index in [2.05, 4.69) is 4.74 Å². The van der Waals surface area contributed by atoms with Gasteiger partial charge in [-0.05, 0) is 78.7 Å². The molecule has 0 saturated heterocycles. The van der Waals surface area contributed by atoms with Crippen molar-refractivity contribution in [2.75, 3.05) is 13.4 Å². The highest BCUT2D eigenvalue weighted by molar-refractivity contribution is 7.15. The molecule has 3 aromatic carbocycles. The topological polar surface area (TPSA) is 96.3 Å². The van der Waals surface area contributed by atoms with Crippen LogP contribution in [0.25, 0.3) is 21.7 Å². The van der Waals surface area contributed by atoms with Crippen LogP contribution in [0.5, 0.6) is 28.7 Å². The van der Waals surface area contributed by atoms with Crippen molar-refractivity contribution in [3.63, 3.8) is 0 Å². The summed E-state index contributed by atoms with van der Waals surface area (Å²) in [5, 5.41) is 9.43. The number of alkyl halides is 3. The molecule has 39 heavy (non-hydrogen) atoms. The number of hydrogen-bond acceptors (Lipinski definition) is 8. The van der Waals surface area contributed by atoms with Crippen LogP contribution in [-0.4, -0.2) is 35.8 Å². The van der Waals surface area contributed by atoms with Crippen molar-refractivity contribution in [1.82, 2.24) is 4.98 Å². The predicted molar refractivity (Wildman–Crippen MR) is 134 cm³/mol. The number of rotatable bonds is 9. The van der Waals surface area contributed by atoms with E-state index in [-0.39, 0.29) is 19.1 Å². The third-order valence-electron chi connectivity index (χ3n) is 5.53. The van der Waals surface area contributed by atoms with Crippen molar-refractivity contribution in [2.24, 2.45) is 0 Å². The lowest BCUT2D eigenvalue weighted by Crippen LogP contribution is -2.16. The molecule has 0 amide bonds. The molecule has 0 fully saturated rings. The first-order chi connectivity index (χ1) is 18.6. The summed E-state index contributed by atoms with van der Waals surface area (Å²) >= 11 is 1.34. The molecule has 0 unspecified atom stereocenters. The van der Waals surface area contributed by atoms with E-state index in [1.807, 2.05) is 6.07 Å². The minimum atomic E-state index is -4.78. The Morgan fingerprint density at radius 2 is 1.69 bits per heavy atom. The molecule has 1 aliphatic heterocycles. The Morgan fingerprint density at radius 1 is 0.974 bits per heavy atom. The van der Waals surface area contributed by atoms with Gasteiger partial charge in [0.2, 0.25) is 6.79 Å². The van der Waals surface area contributed by atoms with Crippen molar-refractivity contribution in [3.8, 4) is 50.4 Å². The molecule has 8 nitrogen and oxygen atoms in total. The van der Waals surface area contributed by atoms with Crippen LogP contribution in [0.3, 0.4) is 0 Å². The first-order valence-corrected chi connectivity index (χ1v) is 12.3. The number of aromatic nitrogens is 1. The highest BCUT2D eigenvalue weighted by Crippen LogP contribution is 2.42. The number of aliphatic carboxylic acids is 1. The molecule has 1 aromatic heterocycles. The van der Waals surface area contributed by atoms with E-state index in [1.54, 1.807) is 37.3 Å². The van der Waals surface area contributed by atoms with Gasteiger partial charge in [-0.2, -0.15) is 0 Å². The second-order valence-electron chi connectivity index (χ2n) is 8.32. The molecule has 2 heterocycles. The third kappa shape index (κ3) is 6.34. The van der Waals surface area contributed by atoms with Crippen LogP contribution >= 0.6 is 11.3 Å². The maximum absolute atomic E-state index is 12.6. The number of halogens is 3. The lowest BCUT2D eigenvalue weighted by atomic mass is 10.1. The predicted octanol–water partition coefficient (Wildman–Crippen LogP) is 6.46. The van der Waals surface area contributed by atoms with Gasteiger partial charge in [-0.3, -0.25) is 0 Å². The normalized spacial score (nSPS) is 12.3. The van der Waals surface area contributed by atoms with Crippen LogP contribution in [-0.2, 0) is 11.4 Å². The van der Waals surface area contributed by atoms with Crippen LogP contribution in [0.2, 0.25) is 0 Å². The standard InChI is InChI=1S/C27H20F3NO7S/c1-15-10-19(7-9-20(15)35-13-24(32)33)34-12-23-31-25(17-4-8-21-22(11-17)37-14-36-21)26(39-23)16-2-5-18(6-3-16)38-27(28,29)30/h2-11H,12-14H2,1H3,(H,32,33). The van der Waals surface area contributed by atoms with E-state index in [1.165, 1.54) is 35.6 Å². The molecule has 0 saturated carbocycles. The lowest BCUT2D eigenvalue weighted by Gasteiger charge is -2.09. The summed E-state index contributed by atoms with van der Waals surface area (Å²) in [6, 6.07) is 16.0. The van der Waals surface area contributed by atoms with Gasteiger partial charge < -0.3 is 28.8 Å². The molecular formula is C27H20F3NO7S. The molecule has 0 bridgehead atoms. The van der Waals surface area contributed by atoms with Crippen molar-refractivity contribution in [3.05, 3.63) is 71.2 Å². The van der Waals surface area contributed by atoms with Crippen LogP contribution in [0.15, 0.2) is 60.7 Å². The molecule has 4 aromatic rings. The zero-order valence-corrected chi connectivity index (χ0v) is 21.1. The van der Waals surface area contributed by atoms with E-state index >= 15 is 0 Å². The fourth-order valence-corrected chi connectivity index (χ4v) is 4.83. The maximum Gasteiger partial charge on any atom is 0.573 e. The largest absolute Gasteiger partial charge is 0.573 e. The van der Waals surface area contributed by atoms with Gasteiger partial charge in [-0.1, -0.05) is 0 Å². The number of benzene rings is 3. The van der Waals surface area contributed by atoms with Crippen LogP contribution in [0, 0.1) is 6.92 Å². The first kappa shape index (κ1) is 26.2. The Hall–Kier alpha value is -4.45. The molecule has 0 aliphatic carbocycles. The Kier molecular flexibility index (Phi) is 7.20. The molecule has 1 aliphatic rings. The quantitative estimate of drug-likeness (QED) is 0.250. The van der Waals surface area contributed by atoms with Gasteiger partial charge in [0.25, 0.3) is 0 Å². The smallest absolute Gasteiger partial charge is 0.486 e. The average Bonchev–Trinajstić information content (AvgIpc) is 3.53. The molecule has 5 rings (SSSR count). The fourth-order valence-electron chi connectivity index (χ4n) is 3.83. The fraction of sp³-hybridized carbons (Fsp3) is 0.185. The number of ether oxygens (including phenoxy) is 5. The Labute approximate surface area is 224 Å². The minimum absolute atomic E-state index is 0.113. The molecule has 0 radical (unpaired) electrons. The Bertz CT molecular complexity index is 1500. The molecule has 202 valence electrons. The van der Waals surface area contributed by atoms with Gasteiger partial charge in [-0.15, -0.1) is 24.5 Å². The number of carbonyl (C=O) groups is 1. The van der Waals surface area contributed by atoms with Gasteiger partial charge in [-0.25, -0.2) is 9.78 Å². The second kappa shape index (κ2) is 10.7. The first-order valence-electron chi connectivity index (χ1n) is 11.5. The lowest BCUT2D eigenvalue weighted by molar-refractivity contribution is -0.274. The number of aryl methyl sites for hydroxylation is 1. The van der Waals surface area contributed by atoms with Gasteiger partial charge in [0.15, 0.2) is 18.1 Å². The zero-order valence-electron chi connectivity index (χ0n) is 20.3. The van der Waals surface area contributed by atoms with E-state index in [9.17, 15) is 18.0 Å². The zero-order chi connectivity index (χ0) is 27.6. The van der Waals surface area contributed by atoms with Crippen molar-refractivity contribution < 1.29 is 46.8 Å². The molecular weight excluding hydrogens is 539 g/mol. The van der Waals surface area contributed by atoms with Gasteiger partial charge in [0.1, 0.15) is 28.9 Å². The second-order valence-corrected chi connectivity index (χ2v) is 9.41. The van der Waals surface area contributed by atoms with Gasteiger partial charge in [0.05, 0.1) is 10.6 Å². The monoisotopic (exact) mass is 559 g/mol. The number of carboxylic acid groups (broad SMARTS) is 1. The summed E-state index contributed by atoms with van der Waals surface area (Å²) < 4.78 is 63.9. The van der Waals surface area contributed by atoms with E-state index < -0.39 is 18.9 Å². The summed E-state index contributed by atoms with van der Waals surface area (Å²) in [5.41, 5.74) is 2.70. The van der Waals surface area contributed by atoms with Crippen LogP contribution in [0.4, 0.5) is 13.2 Å². The maximum atomic E-state index is 12.6. The third-order valence-corrected chi connectivity index (χ3v) is 6.61. The van der Waals surface area contributed by atoms with Crippen molar-refractivity contribution in [2.45, 2.75) is 19.9 Å². The summed E-state index contributed by atoms with van der Waals surface area (Å²) in [5.74, 6) is 0.748. The number of nitrogens with zero attached hydrogens (tertiary/aromatic N) is 1. The van der Waals surface area contributed by atoms with Crippen molar-refractivity contribution in [1.29, 1.82) is 0 Å². The molecule has 12 heteroatoms. The van der Waals surface area contributed by atoms with E-state index in [0.717, 1.165) is 10.4 Å². The summed E-state index contributed by atoms with van der Waals surface area (Å²) in [6.45, 7) is 1.55. The number of thiazole rings is 1. The van der Waals surface area contributed by atoms with Crippen LogP contribution < -0.4 is 23.7 Å². The minimum Gasteiger partial charge on any atom is -0.486 e. The summed E-state index contributed by atoms with van der Waals surface area (Å²) in [4.78, 5) is 16.2. The summed E-state index contributed by atoms with van der Waals surface area (Å²) in [7, 11) is 0. The molecule has 0 atom stereocenters. The average molecular weight is 560 g/mol. The van der Waals surface area contributed by atoms with Gasteiger partial charge >= 0.3 is 12.3 Å². The Balaban J connectivity index is 1.41. The molecule has 1 N–H and O–H groups in total. The number of hydrogen-bond donors (Lipinski definition) is 1. The molecule has 0 spiro atoms. The number of fused-ring (bicyclic) bond motifs is 1. The highest BCUT2D eigenvalue weighted by Gasteiger charge is 2.31. The van der Waals surface area contributed by atoms with E-state index in [0.29, 0.717) is 44.8 Å². The highest BCUT2D eigenvalue weighted by atomic mass is 32.1. The van der Waals surface area contributed by atoms with E-state index in [4.69, 9.17) is 29.0 Å².